The SMILES string of the molecule is Cn1ccnc1C(=O)c1ccc(NC(=O)C2CC(=O)N(CC(F)(F)F)C2)cc1. The molecule has 0 bridgehead atoms. The summed E-state index contributed by atoms with van der Waals surface area (Å²) in [6, 6.07) is 6.06. The van der Waals surface area contributed by atoms with Crippen molar-refractivity contribution in [2.24, 2.45) is 13.0 Å². The molecule has 0 aliphatic carbocycles. The van der Waals surface area contributed by atoms with Crippen LogP contribution in [0, 0.1) is 5.92 Å². The molecule has 1 aliphatic rings. The Labute approximate surface area is 158 Å². The summed E-state index contributed by atoms with van der Waals surface area (Å²) in [6.07, 6.45) is -1.62. The number of anilines is 1. The zero-order valence-corrected chi connectivity index (χ0v) is 14.9. The summed E-state index contributed by atoms with van der Waals surface area (Å²) in [5.41, 5.74) is 0.753. The number of aromatic nitrogens is 2. The largest absolute Gasteiger partial charge is 0.406 e. The maximum atomic E-state index is 12.5. The summed E-state index contributed by atoms with van der Waals surface area (Å²) in [6.45, 7) is -1.64. The van der Waals surface area contributed by atoms with E-state index in [1.54, 1.807) is 17.8 Å². The average molecular weight is 394 g/mol. The number of carbonyl (C=O) groups is 3. The molecule has 7 nitrogen and oxygen atoms in total. The molecule has 3 rings (SSSR count). The Hall–Kier alpha value is -3.17. The van der Waals surface area contributed by atoms with E-state index in [0.29, 0.717) is 16.2 Å². The summed E-state index contributed by atoms with van der Waals surface area (Å²) in [4.78, 5) is 40.9. The van der Waals surface area contributed by atoms with Gasteiger partial charge in [0.05, 0.1) is 5.92 Å². The third-order valence-electron chi connectivity index (χ3n) is 4.39. The predicted molar refractivity (Wildman–Crippen MR) is 92.5 cm³/mol. The summed E-state index contributed by atoms with van der Waals surface area (Å²) < 4.78 is 39.0. The van der Waals surface area contributed by atoms with Crippen molar-refractivity contribution in [3.8, 4) is 0 Å². The van der Waals surface area contributed by atoms with Crippen LogP contribution in [0.25, 0.3) is 0 Å². The fourth-order valence-electron chi connectivity index (χ4n) is 2.98. The zero-order valence-electron chi connectivity index (χ0n) is 14.9. The molecular formula is C18H17F3N4O3. The topological polar surface area (TPSA) is 84.3 Å². The van der Waals surface area contributed by atoms with E-state index in [0.717, 1.165) is 0 Å². The van der Waals surface area contributed by atoms with Gasteiger partial charge in [0.1, 0.15) is 6.54 Å². The van der Waals surface area contributed by atoms with Crippen molar-refractivity contribution in [2.75, 3.05) is 18.4 Å². The summed E-state index contributed by atoms with van der Waals surface area (Å²) >= 11 is 0. The third-order valence-corrected chi connectivity index (χ3v) is 4.39. The van der Waals surface area contributed by atoms with E-state index in [2.05, 4.69) is 10.3 Å². The highest BCUT2D eigenvalue weighted by atomic mass is 19.4. The Morgan fingerprint density at radius 2 is 1.93 bits per heavy atom. The van der Waals surface area contributed by atoms with Crippen LogP contribution in [0.15, 0.2) is 36.7 Å². The van der Waals surface area contributed by atoms with Gasteiger partial charge in [-0.1, -0.05) is 0 Å². The Bertz CT molecular complexity index is 906. The van der Waals surface area contributed by atoms with Crippen molar-refractivity contribution >= 4 is 23.3 Å². The fourth-order valence-corrected chi connectivity index (χ4v) is 2.98. The van der Waals surface area contributed by atoms with Crippen LogP contribution >= 0.6 is 0 Å². The van der Waals surface area contributed by atoms with Gasteiger partial charge in [0.25, 0.3) is 0 Å². The van der Waals surface area contributed by atoms with Crippen LogP contribution < -0.4 is 5.32 Å². The first-order chi connectivity index (χ1) is 13.1. The molecule has 2 amide bonds. The summed E-state index contributed by atoms with van der Waals surface area (Å²) in [5, 5.41) is 2.57. The zero-order chi connectivity index (χ0) is 20.5. The second kappa shape index (κ2) is 7.45. The molecule has 148 valence electrons. The minimum absolute atomic E-state index is 0.266. The van der Waals surface area contributed by atoms with Gasteiger partial charge >= 0.3 is 6.18 Å². The van der Waals surface area contributed by atoms with Crippen molar-refractivity contribution in [1.82, 2.24) is 14.5 Å². The van der Waals surface area contributed by atoms with E-state index in [9.17, 15) is 27.6 Å². The van der Waals surface area contributed by atoms with E-state index >= 15 is 0 Å². The van der Waals surface area contributed by atoms with Crippen LogP contribution in [0.2, 0.25) is 0 Å². The number of hydrogen-bond donors (Lipinski definition) is 1. The summed E-state index contributed by atoms with van der Waals surface area (Å²) in [7, 11) is 1.69. The van der Waals surface area contributed by atoms with Crippen LogP contribution in [0.3, 0.4) is 0 Å². The predicted octanol–water partition coefficient (Wildman–Crippen LogP) is 2.00. The molecule has 0 saturated carbocycles. The van der Waals surface area contributed by atoms with E-state index < -0.39 is 30.5 Å². The van der Waals surface area contributed by atoms with Gasteiger partial charge < -0.3 is 14.8 Å². The Balaban J connectivity index is 1.61. The Morgan fingerprint density at radius 1 is 1.25 bits per heavy atom. The first-order valence-corrected chi connectivity index (χ1v) is 8.41. The number of nitrogens with zero attached hydrogens (tertiary/aromatic N) is 3. The molecule has 1 fully saturated rings. The quantitative estimate of drug-likeness (QED) is 0.787. The van der Waals surface area contributed by atoms with Gasteiger partial charge in [-0.05, 0) is 24.3 Å². The van der Waals surface area contributed by atoms with Crippen molar-refractivity contribution in [3.05, 3.63) is 48.0 Å². The standard InChI is InChI=1S/C18H17F3N4O3/c1-24-7-6-22-16(24)15(27)11-2-4-13(5-3-11)23-17(28)12-8-14(26)25(9-12)10-18(19,20)21/h2-7,12H,8-10H2,1H3,(H,23,28). The molecule has 28 heavy (non-hydrogen) atoms. The van der Waals surface area contributed by atoms with E-state index in [1.807, 2.05) is 0 Å². The van der Waals surface area contributed by atoms with E-state index in [4.69, 9.17) is 0 Å². The number of alkyl halides is 3. The van der Waals surface area contributed by atoms with Gasteiger partial charge in [-0.3, -0.25) is 14.4 Å². The molecule has 10 heteroatoms. The maximum absolute atomic E-state index is 12.5. The fraction of sp³-hybridized carbons (Fsp3) is 0.333. The maximum Gasteiger partial charge on any atom is 0.406 e. The van der Waals surface area contributed by atoms with Crippen molar-refractivity contribution in [1.29, 1.82) is 0 Å². The van der Waals surface area contributed by atoms with Gasteiger partial charge in [0.15, 0.2) is 5.82 Å². The summed E-state index contributed by atoms with van der Waals surface area (Å²) in [5.74, 6) is -2.11. The second-order valence-electron chi connectivity index (χ2n) is 6.55. The molecule has 0 spiro atoms. The highest BCUT2D eigenvalue weighted by molar-refractivity contribution is 6.07. The lowest BCUT2D eigenvalue weighted by molar-refractivity contribution is -0.157. The number of aryl methyl sites for hydroxylation is 1. The molecule has 1 aromatic carbocycles. The molecule has 1 aromatic heterocycles. The van der Waals surface area contributed by atoms with Gasteiger partial charge in [-0.2, -0.15) is 13.2 Å². The molecule has 1 unspecified atom stereocenters. The minimum Gasteiger partial charge on any atom is -0.333 e. The minimum atomic E-state index is -4.50. The first kappa shape index (κ1) is 19.6. The highest BCUT2D eigenvalue weighted by Crippen LogP contribution is 2.25. The van der Waals surface area contributed by atoms with Crippen LogP contribution in [-0.4, -0.2) is 51.3 Å². The number of imidazole rings is 1. The molecule has 2 aromatic rings. The van der Waals surface area contributed by atoms with Gasteiger partial charge in [-0.15, -0.1) is 0 Å². The van der Waals surface area contributed by atoms with Crippen LogP contribution in [0.4, 0.5) is 18.9 Å². The Morgan fingerprint density at radius 3 is 2.50 bits per heavy atom. The number of ketones is 1. The molecule has 1 saturated heterocycles. The molecule has 1 aliphatic heterocycles. The number of halogens is 3. The molecule has 1 N–H and O–H groups in total. The lowest BCUT2D eigenvalue weighted by Crippen LogP contribution is -2.36. The molecular weight excluding hydrogens is 377 g/mol. The normalized spacial score (nSPS) is 17.1. The molecule has 1 atom stereocenters. The first-order valence-electron chi connectivity index (χ1n) is 8.41. The molecule has 2 heterocycles. The van der Waals surface area contributed by atoms with Gasteiger partial charge in [-0.25, -0.2) is 4.98 Å². The number of likely N-dealkylation sites (tertiary alicyclic amines) is 1. The highest BCUT2D eigenvalue weighted by Gasteiger charge is 2.40. The average Bonchev–Trinajstić information content (AvgIpc) is 3.20. The van der Waals surface area contributed by atoms with E-state index in [1.165, 1.54) is 30.5 Å². The number of carbonyl (C=O) groups excluding carboxylic acids is 3. The lowest BCUT2D eigenvalue weighted by Gasteiger charge is -2.18. The van der Waals surface area contributed by atoms with Crippen LogP contribution in [-0.2, 0) is 16.6 Å². The van der Waals surface area contributed by atoms with Crippen LogP contribution in [0.5, 0.6) is 0 Å². The van der Waals surface area contributed by atoms with Gasteiger partial charge in [0, 0.05) is 43.7 Å². The van der Waals surface area contributed by atoms with Crippen molar-refractivity contribution in [2.45, 2.75) is 12.6 Å². The lowest BCUT2D eigenvalue weighted by atomic mass is 10.1. The number of nitrogens with one attached hydrogen (secondary N) is 1. The van der Waals surface area contributed by atoms with E-state index in [-0.39, 0.29) is 24.6 Å². The number of hydrogen-bond acceptors (Lipinski definition) is 4. The third kappa shape index (κ3) is 4.38. The molecule has 0 radical (unpaired) electrons. The van der Waals surface area contributed by atoms with Crippen molar-refractivity contribution in [3.63, 3.8) is 0 Å². The monoisotopic (exact) mass is 394 g/mol. The number of benzene rings is 1. The van der Waals surface area contributed by atoms with Gasteiger partial charge in [0.2, 0.25) is 17.6 Å². The number of amides is 2. The Kier molecular flexibility index (Phi) is 5.21. The van der Waals surface area contributed by atoms with Crippen LogP contribution in [0.1, 0.15) is 22.6 Å². The smallest absolute Gasteiger partial charge is 0.333 e. The number of rotatable bonds is 5. The van der Waals surface area contributed by atoms with Crippen molar-refractivity contribution < 1.29 is 27.6 Å². The second-order valence-corrected chi connectivity index (χ2v) is 6.55.